The van der Waals surface area contributed by atoms with E-state index in [1.54, 1.807) is 4.90 Å². The van der Waals surface area contributed by atoms with E-state index in [9.17, 15) is 28.2 Å². The number of anilines is 1. The number of hydrogen-bond acceptors (Lipinski definition) is 8. The smallest absolute Gasteiger partial charge is 0.416 e. The molecule has 36 heavy (non-hydrogen) atoms. The number of β-amino-alcohol motifs (C(OH)–C–C–N with tert-alkyl or cyclic N) is 1. The molecular weight excluding hydrogens is 479 g/mol. The van der Waals surface area contributed by atoms with E-state index in [2.05, 4.69) is 20.4 Å². The summed E-state index contributed by atoms with van der Waals surface area (Å²) in [6.07, 6.45) is -2.61. The molecule has 0 bridgehead atoms. The number of aromatic nitrogens is 2. The highest BCUT2D eigenvalue weighted by molar-refractivity contribution is 5.78. The fourth-order valence-corrected chi connectivity index (χ4v) is 5.08. The van der Waals surface area contributed by atoms with Crippen LogP contribution in [0.5, 0.6) is 5.75 Å². The number of rotatable bonds is 5. The fraction of sp³-hybridized carbons (Fsp3) is 0.542. The summed E-state index contributed by atoms with van der Waals surface area (Å²) in [5.41, 5.74) is 0.960. The van der Waals surface area contributed by atoms with E-state index in [0.29, 0.717) is 55.7 Å². The number of phenolic OH excluding ortho intramolecular Hbond substituents is 1. The molecule has 0 radical (unpaired) electrons. The Morgan fingerprint density at radius 2 is 1.94 bits per heavy atom. The molecule has 1 amide bonds. The van der Waals surface area contributed by atoms with E-state index in [1.165, 1.54) is 6.07 Å². The minimum Gasteiger partial charge on any atom is -0.507 e. The Balaban J connectivity index is 1.29. The molecular formula is C24H28F3N5O4. The van der Waals surface area contributed by atoms with Crippen molar-refractivity contribution in [1.82, 2.24) is 20.0 Å². The average Bonchev–Trinajstić information content (AvgIpc) is 3.49. The first-order valence-corrected chi connectivity index (χ1v) is 12.0. The number of alkyl halides is 3. The van der Waals surface area contributed by atoms with Crippen molar-refractivity contribution in [3.63, 3.8) is 0 Å². The monoisotopic (exact) mass is 507 g/mol. The predicted molar refractivity (Wildman–Crippen MR) is 123 cm³/mol. The number of hydrogen-bond donors (Lipinski definition) is 3. The number of piperidine rings is 1. The molecule has 1 aromatic heterocycles. The van der Waals surface area contributed by atoms with Gasteiger partial charge in [0.05, 0.1) is 31.4 Å². The lowest BCUT2D eigenvalue weighted by atomic mass is 10.0. The Morgan fingerprint density at radius 1 is 1.14 bits per heavy atom. The van der Waals surface area contributed by atoms with Crippen molar-refractivity contribution in [3.8, 4) is 17.0 Å². The number of ether oxygens (including phenoxy) is 1. The number of aromatic hydroxyl groups is 1. The minimum absolute atomic E-state index is 0.0157. The molecule has 2 aromatic rings. The molecule has 3 aliphatic heterocycles. The summed E-state index contributed by atoms with van der Waals surface area (Å²) in [4.78, 5) is 16.4. The summed E-state index contributed by atoms with van der Waals surface area (Å²) in [6.45, 7) is 3.19. The van der Waals surface area contributed by atoms with Gasteiger partial charge in [0, 0.05) is 42.4 Å². The van der Waals surface area contributed by atoms with Crippen LogP contribution in [-0.4, -0.2) is 81.0 Å². The molecule has 2 fully saturated rings. The number of nitrogens with zero attached hydrogens (tertiary/aromatic N) is 4. The zero-order valence-electron chi connectivity index (χ0n) is 19.6. The topological polar surface area (TPSA) is 111 Å². The van der Waals surface area contributed by atoms with E-state index in [1.807, 2.05) is 0 Å². The van der Waals surface area contributed by atoms with Crippen molar-refractivity contribution >= 4 is 11.7 Å². The number of aliphatic hydroxyl groups is 1. The highest BCUT2D eigenvalue weighted by Gasteiger charge is 2.33. The standard InChI is InChI=1S/C24H28F3N5O4/c25-24(26,27)14-3-4-17(20(34)8-14)22-18-12-36-13-19(18)23(30-29-22)28-15-2-1-6-31(9-15)11-21(35)32-7-5-16(33)10-32/h3-4,8,15-16,33-34H,1-2,5-7,9-13H2,(H,28,30)/t15-,16+/m1/s1. The van der Waals surface area contributed by atoms with Crippen LogP contribution in [0.15, 0.2) is 18.2 Å². The van der Waals surface area contributed by atoms with E-state index < -0.39 is 23.6 Å². The third kappa shape index (κ3) is 5.11. The number of phenols is 1. The van der Waals surface area contributed by atoms with Crippen molar-refractivity contribution < 1.29 is 32.9 Å². The normalized spacial score (nSPS) is 22.6. The second kappa shape index (κ2) is 9.83. The van der Waals surface area contributed by atoms with E-state index in [4.69, 9.17) is 4.74 Å². The first-order chi connectivity index (χ1) is 17.2. The number of nitrogens with one attached hydrogen (secondary N) is 1. The van der Waals surface area contributed by atoms with Gasteiger partial charge in [-0.2, -0.15) is 13.2 Å². The maximum absolute atomic E-state index is 13.0. The maximum Gasteiger partial charge on any atom is 0.416 e. The molecule has 3 aliphatic rings. The SMILES string of the molecule is O=C(CN1CCC[C@@H](Nc2nnc(-c3ccc(C(F)(F)F)cc3O)c3c2COC3)C1)N1CC[C@H](O)C1. The molecule has 12 heteroatoms. The molecule has 4 heterocycles. The number of carbonyl (C=O) groups is 1. The van der Waals surface area contributed by atoms with Crippen LogP contribution in [-0.2, 0) is 28.9 Å². The number of benzene rings is 1. The molecule has 5 rings (SSSR count). The van der Waals surface area contributed by atoms with E-state index in [-0.39, 0.29) is 30.7 Å². The molecule has 0 spiro atoms. The van der Waals surface area contributed by atoms with Gasteiger partial charge in [0.15, 0.2) is 5.82 Å². The second-order valence-electron chi connectivity index (χ2n) is 9.58. The van der Waals surface area contributed by atoms with Crippen LogP contribution in [0.2, 0.25) is 0 Å². The van der Waals surface area contributed by atoms with Gasteiger partial charge in [-0.3, -0.25) is 9.69 Å². The van der Waals surface area contributed by atoms with Crippen LogP contribution >= 0.6 is 0 Å². The summed E-state index contributed by atoms with van der Waals surface area (Å²) < 4.78 is 44.6. The van der Waals surface area contributed by atoms with E-state index in [0.717, 1.165) is 31.0 Å². The lowest BCUT2D eigenvalue weighted by Crippen LogP contribution is -2.47. The van der Waals surface area contributed by atoms with Gasteiger partial charge in [-0.25, -0.2) is 0 Å². The van der Waals surface area contributed by atoms with Crippen LogP contribution in [0.4, 0.5) is 19.0 Å². The summed E-state index contributed by atoms with van der Waals surface area (Å²) in [5, 5.41) is 31.9. The van der Waals surface area contributed by atoms with Crippen LogP contribution in [0, 0.1) is 0 Å². The fourth-order valence-electron chi connectivity index (χ4n) is 5.08. The largest absolute Gasteiger partial charge is 0.507 e. The molecule has 194 valence electrons. The third-order valence-corrected chi connectivity index (χ3v) is 6.98. The predicted octanol–water partition coefficient (Wildman–Crippen LogP) is 2.37. The number of amides is 1. The molecule has 3 N–H and O–H groups in total. The molecule has 9 nitrogen and oxygen atoms in total. The van der Waals surface area contributed by atoms with Crippen molar-refractivity contribution in [1.29, 1.82) is 0 Å². The molecule has 0 saturated carbocycles. The number of fused-ring (bicyclic) bond motifs is 1. The number of carbonyl (C=O) groups excluding carboxylic acids is 1. The summed E-state index contributed by atoms with van der Waals surface area (Å²) in [7, 11) is 0. The van der Waals surface area contributed by atoms with Crippen molar-refractivity contribution in [2.75, 3.05) is 38.0 Å². The Kier molecular flexibility index (Phi) is 6.75. The summed E-state index contributed by atoms with van der Waals surface area (Å²) >= 11 is 0. The highest BCUT2D eigenvalue weighted by Crippen LogP contribution is 2.39. The van der Waals surface area contributed by atoms with Gasteiger partial charge < -0.3 is 25.2 Å². The zero-order chi connectivity index (χ0) is 25.4. The number of likely N-dealkylation sites (tertiary alicyclic amines) is 2. The van der Waals surface area contributed by atoms with Gasteiger partial charge in [0.25, 0.3) is 0 Å². The maximum atomic E-state index is 13.0. The van der Waals surface area contributed by atoms with Crippen molar-refractivity contribution in [2.24, 2.45) is 0 Å². The Hall–Kier alpha value is -2.96. The highest BCUT2D eigenvalue weighted by atomic mass is 19.4. The number of aliphatic hydroxyl groups excluding tert-OH is 1. The van der Waals surface area contributed by atoms with Crippen LogP contribution in [0.1, 0.15) is 36.0 Å². The average molecular weight is 508 g/mol. The quantitative estimate of drug-likeness (QED) is 0.566. The Bertz CT molecular complexity index is 1150. The Labute approximate surface area is 205 Å². The van der Waals surface area contributed by atoms with E-state index >= 15 is 0 Å². The van der Waals surface area contributed by atoms with Crippen LogP contribution in [0.25, 0.3) is 11.3 Å². The minimum atomic E-state index is -4.56. The lowest BCUT2D eigenvalue weighted by molar-refractivity contribution is -0.137. The van der Waals surface area contributed by atoms with Crippen molar-refractivity contribution in [3.05, 3.63) is 34.9 Å². The molecule has 0 unspecified atom stereocenters. The van der Waals surface area contributed by atoms with Gasteiger partial charge in [-0.1, -0.05) is 0 Å². The molecule has 0 aliphatic carbocycles. The van der Waals surface area contributed by atoms with Gasteiger partial charge in [-0.05, 0) is 44.0 Å². The van der Waals surface area contributed by atoms with Gasteiger partial charge >= 0.3 is 6.18 Å². The zero-order valence-corrected chi connectivity index (χ0v) is 19.6. The van der Waals surface area contributed by atoms with Crippen LogP contribution in [0.3, 0.4) is 0 Å². The molecule has 1 aromatic carbocycles. The van der Waals surface area contributed by atoms with Gasteiger partial charge in [0.2, 0.25) is 5.91 Å². The lowest BCUT2D eigenvalue weighted by Gasteiger charge is -2.34. The van der Waals surface area contributed by atoms with Crippen LogP contribution < -0.4 is 5.32 Å². The third-order valence-electron chi connectivity index (χ3n) is 6.98. The first-order valence-electron chi connectivity index (χ1n) is 12.0. The van der Waals surface area contributed by atoms with Crippen molar-refractivity contribution in [2.45, 2.75) is 50.8 Å². The molecule has 2 atom stereocenters. The molecule has 2 saturated heterocycles. The Morgan fingerprint density at radius 3 is 2.67 bits per heavy atom. The van der Waals surface area contributed by atoms with Gasteiger partial charge in [0.1, 0.15) is 11.4 Å². The van der Waals surface area contributed by atoms with Gasteiger partial charge in [-0.15, -0.1) is 10.2 Å². The summed E-state index contributed by atoms with van der Waals surface area (Å²) in [5.74, 6) is 0.0347. The number of halogens is 3. The second-order valence-corrected chi connectivity index (χ2v) is 9.58. The first kappa shape index (κ1) is 24.7. The summed E-state index contributed by atoms with van der Waals surface area (Å²) in [6, 6.07) is 2.82.